The summed E-state index contributed by atoms with van der Waals surface area (Å²) in [6.07, 6.45) is 4.47. The molecule has 0 unspecified atom stereocenters. The minimum absolute atomic E-state index is 0.304. The van der Waals surface area contributed by atoms with Gasteiger partial charge in [0.1, 0.15) is 16.2 Å². The van der Waals surface area contributed by atoms with Crippen LogP contribution in [0.15, 0.2) is 32.8 Å². The van der Waals surface area contributed by atoms with E-state index in [0.29, 0.717) is 22.0 Å². The molecule has 1 aromatic carbocycles. The SMILES string of the molecule is Cc1ccc(C)c(CSc2nc(C3CCCC3)nc3c2c(=O)n(C)c(=O)n3C)c1. The molecule has 0 aliphatic heterocycles. The first kappa shape index (κ1) is 19.9. The van der Waals surface area contributed by atoms with Crippen LogP contribution in [0.2, 0.25) is 0 Å². The van der Waals surface area contributed by atoms with Gasteiger partial charge in [0.2, 0.25) is 0 Å². The maximum absolute atomic E-state index is 12.9. The lowest BCUT2D eigenvalue weighted by Gasteiger charge is -2.15. The van der Waals surface area contributed by atoms with Crippen LogP contribution in [0.3, 0.4) is 0 Å². The fraction of sp³-hybridized carbons (Fsp3) is 0.455. The van der Waals surface area contributed by atoms with Crippen molar-refractivity contribution in [2.75, 3.05) is 0 Å². The van der Waals surface area contributed by atoms with Gasteiger partial charge in [-0.05, 0) is 37.8 Å². The van der Waals surface area contributed by atoms with Crippen molar-refractivity contribution in [3.8, 4) is 0 Å². The number of fused-ring (bicyclic) bond motifs is 1. The van der Waals surface area contributed by atoms with Crippen molar-refractivity contribution in [3.63, 3.8) is 0 Å². The predicted molar refractivity (Wildman–Crippen MR) is 117 cm³/mol. The van der Waals surface area contributed by atoms with Crippen molar-refractivity contribution < 1.29 is 0 Å². The van der Waals surface area contributed by atoms with Crippen LogP contribution in [0.4, 0.5) is 0 Å². The summed E-state index contributed by atoms with van der Waals surface area (Å²) in [4.78, 5) is 34.9. The molecule has 0 atom stereocenters. The lowest BCUT2D eigenvalue weighted by Crippen LogP contribution is -2.38. The van der Waals surface area contributed by atoms with E-state index in [1.54, 1.807) is 18.8 Å². The molecule has 6 nitrogen and oxygen atoms in total. The molecule has 4 rings (SSSR count). The fourth-order valence-corrected chi connectivity index (χ4v) is 5.10. The average Bonchev–Trinajstić information content (AvgIpc) is 3.25. The topological polar surface area (TPSA) is 69.8 Å². The third kappa shape index (κ3) is 3.64. The van der Waals surface area contributed by atoms with Gasteiger partial charge in [-0.15, -0.1) is 11.8 Å². The number of thioether (sulfide) groups is 1. The van der Waals surface area contributed by atoms with Crippen molar-refractivity contribution in [3.05, 3.63) is 61.6 Å². The summed E-state index contributed by atoms with van der Waals surface area (Å²) in [5.74, 6) is 1.79. The number of hydrogen-bond donors (Lipinski definition) is 0. The summed E-state index contributed by atoms with van der Waals surface area (Å²) in [7, 11) is 3.18. The maximum Gasteiger partial charge on any atom is 0.332 e. The zero-order valence-corrected chi connectivity index (χ0v) is 18.2. The zero-order valence-electron chi connectivity index (χ0n) is 17.4. The molecule has 2 aromatic heterocycles. The van der Waals surface area contributed by atoms with E-state index in [0.717, 1.165) is 29.0 Å². The molecule has 1 fully saturated rings. The molecule has 3 aromatic rings. The third-order valence-corrected chi connectivity index (χ3v) is 6.90. The molecule has 1 aliphatic rings. The van der Waals surface area contributed by atoms with Crippen LogP contribution in [-0.2, 0) is 19.8 Å². The van der Waals surface area contributed by atoms with E-state index in [-0.39, 0.29) is 11.2 Å². The standard InChI is InChI=1S/C22H26N4O2S/c1-13-9-10-14(2)16(11-13)12-29-20-17-19(25(3)22(28)26(4)21(17)27)23-18(24-20)15-7-5-6-8-15/h9-11,15H,5-8,12H2,1-4H3. The molecule has 0 saturated heterocycles. The highest BCUT2D eigenvalue weighted by molar-refractivity contribution is 7.98. The Bertz CT molecular complexity index is 1210. The summed E-state index contributed by atoms with van der Waals surface area (Å²) < 4.78 is 2.61. The van der Waals surface area contributed by atoms with E-state index in [9.17, 15) is 9.59 Å². The number of aryl methyl sites for hydroxylation is 3. The number of hydrogen-bond acceptors (Lipinski definition) is 5. The fourth-order valence-electron chi connectivity index (χ4n) is 4.02. The molecule has 1 saturated carbocycles. The Hall–Kier alpha value is -2.41. The Kier molecular flexibility index (Phi) is 5.34. The maximum atomic E-state index is 12.9. The van der Waals surface area contributed by atoms with Gasteiger partial charge in [0.15, 0.2) is 5.65 Å². The molecule has 0 amide bonds. The molecule has 2 heterocycles. The highest BCUT2D eigenvalue weighted by Gasteiger charge is 2.24. The smallest absolute Gasteiger partial charge is 0.280 e. The lowest BCUT2D eigenvalue weighted by atomic mass is 10.1. The van der Waals surface area contributed by atoms with Crippen molar-refractivity contribution in [1.29, 1.82) is 0 Å². The summed E-state index contributed by atoms with van der Waals surface area (Å²) in [6, 6.07) is 6.40. The van der Waals surface area contributed by atoms with Gasteiger partial charge in [-0.2, -0.15) is 0 Å². The summed E-state index contributed by atoms with van der Waals surface area (Å²) in [5, 5.41) is 1.11. The number of benzene rings is 1. The Balaban J connectivity index is 1.87. The molecule has 0 bridgehead atoms. The van der Waals surface area contributed by atoms with Crippen LogP contribution in [0.5, 0.6) is 0 Å². The molecule has 7 heteroatoms. The Labute approximate surface area is 174 Å². The minimum Gasteiger partial charge on any atom is -0.280 e. The van der Waals surface area contributed by atoms with Crippen LogP contribution in [0.1, 0.15) is 54.1 Å². The van der Waals surface area contributed by atoms with E-state index in [4.69, 9.17) is 9.97 Å². The zero-order chi connectivity index (χ0) is 20.7. The highest BCUT2D eigenvalue weighted by Crippen LogP contribution is 2.35. The second-order valence-electron chi connectivity index (χ2n) is 7.99. The van der Waals surface area contributed by atoms with Crippen LogP contribution in [-0.4, -0.2) is 19.1 Å². The van der Waals surface area contributed by atoms with Crippen LogP contribution >= 0.6 is 11.8 Å². The van der Waals surface area contributed by atoms with Crippen molar-refractivity contribution >= 4 is 22.8 Å². The van der Waals surface area contributed by atoms with E-state index < -0.39 is 0 Å². The second-order valence-corrected chi connectivity index (χ2v) is 8.96. The van der Waals surface area contributed by atoms with Crippen LogP contribution < -0.4 is 11.2 Å². The number of aromatic nitrogens is 4. The van der Waals surface area contributed by atoms with Gasteiger partial charge >= 0.3 is 5.69 Å². The van der Waals surface area contributed by atoms with Gasteiger partial charge in [0.25, 0.3) is 5.56 Å². The van der Waals surface area contributed by atoms with Gasteiger partial charge in [-0.3, -0.25) is 13.9 Å². The number of rotatable bonds is 4. The van der Waals surface area contributed by atoms with Crippen LogP contribution in [0, 0.1) is 13.8 Å². The van der Waals surface area contributed by atoms with Gasteiger partial charge in [-0.25, -0.2) is 14.8 Å². The Morgan fingerprint density at radius 2 is 1.79 bits per heavy atom. The molecule has 0 spiro atoms. The highest BCUT2D eigenvalue weighted by atomic mass is 32.2. The first-order valence-electron chi connectivity index (χ1n) is 10.0. The third-order valence-electron chi connectivity index (χ3n) is 5.87. The molecular weight excluding hydrogens is 384 g/mol. The van der Waals surface area contributed by atoms with Gasteiger partial charge in [-0.1, -0.05) is 36.6 Å². The molecule has 1 aliphatic carbocycles. The van der Waals surface area contributed by atoms with Gasteiger partial charge < -0.3 is 0 Å². The van der Waals surface area contributed by atoms with Crippen molar-refractivity contribution in [2.24, 2.45) is 14.1 Å². The average molecular weight is 411 g/mol. The van der Waals surface area contributed by atoms with Crippen LogP contribution in [0.25, 0.3) is 11.0 Å². The van der Waals surface area contributed by atoms with E-state index in [1.165, 1.54) is 41.1 Å². The van der Waals surface area contributed by atoms with Gasteiger partial charge in [0, 0.05) is 25.8 Å². The molecular formula is C22H26N4O2S. The Morgan fingerprint density at radius 1 is 1.07 bits per heavy atom. The van der Waals surface area contributed by atoms with Crippen molar-refractivity contribution in [2.45, 2.75) is 56.2 Å². The summed E-state index contributed by atoms with van der Waals surface area (Å²) in [6.45, 7) is 4.18. The predicted octanol–water partition coefficient (Wildman–Crippen LogP) is 3.59. The first-order chi connectivity index (χ1) is 13.9. The molecule has 0 radical (unpaired) electrons. The molecule has 0 N–H and O–H groups in total. The second kappa shape index (κ2) is 7.78. The largest absolute Gasteiger partial charge is 0.332 e. The van der Waals surface area contributed by atoms with E-state index in [1.807, 2.05) is 0 Å². The molecule has 29 heavy (non-hydrogen) atoms. The lowest BCUT2D eigenvalue weighted by molar-refractivity contribution is 0.648. The Morgan fingerprint density at radius 3 is 2.52 bits per heavy atom. The first-order valence-corrected chi connectivity index (χ1v) is 11.0. The monoisotopic (exact) mass is 410 g/mol. The van der Waals surface area contributed by atoms with Gasteiger partial charge in [0.05, 0.1) is 0 Å². The number of nitrogens with zero attached hydrogens (tertiary/aromatic N) is 4. The minimum atomic E-state index is -0.357. The normalized spacial score (nSPS) is 14.8. The van der Waals surface area contributed by atoms with E-state index in [2.05, 4.69) is 32.0 Å². The summed E-state index contributed by atoms with van der Waals surface area (Å²) >= 11 is 1.56. The molecule has 152 valence electrons. The summed E-state index contributed by atoms with van der Waals surface area (Å²) in [5.41, 5.74) is 3.42. The van der Waals surface area contributed by atoms with Crippen molar-refractivity contribution in [1.82, 2.24) is 19.1 Å². The quantitative estimate of drug-likeness (QED) is 0.486. The van der Waals surface area contributed by atoms with E-state index >= 15 is 0 Å².